The zero-order valence-corrected chi connectivity index (χ0v) is 21.5. The number of hydrogen-bond acceptors (Lipinski definition) is 5. The monoisotopic (exact) mass is 527 g/mol. The number of carbonyl (C=O) groups is 4. The molecule has 2 aliphatic carbocycles. The van der Waals surface area contributed by atoms with Crippen molar-refractivity contribution in [1.29, 1.82) is 0 Å². The molecule has 0 spiro atoms. The summed E-state index contributed by atoms with van der Waals surface area (Å²) in [6.07, 6.45) is 0.857. The summed E-state index contributed by atoms with van der Waals surface area (Å²) in [5.41, 5.74) is 2.31. The number of anilines is 1. The Kier molecular flexibility index (Phi) is 6.15. The molecule has 6 rings (SSSR count). The van der Waals surface area contributed by atoms with Crippen LogP contribution in [0, 0.1) is 23.7 Å². The Morgan fingerprint density at radius 1 is 0.842 bits per heavy atom. The van der Waals surface area contributed by atoms with Gasteiger partial charge in [0.05, 0.1) is 23.1 Å². The van der Waals surface area contributed by atoms with Crippen molar-refractivity contribution in [3.05, 3.63) is 101 Å². The molecule has 3 aromatic carbocycles. The number of Topliss-reactive ketones (excluding diaryl/α,β-unsaturated/α-hetero) is 1. The highest BCUT2D eigenvalue weighted by Gasteiger charge is 2.64. The van der Waals surface area contributed by atoms with Gasteiger partial charge in [0.25, 0.3) is 0 Å². The van der Waals surface area contributed by atoms with Crippen LogP contribution in [-0.2, 0) is 14.3 Å². The van der Waals surface area contributed by atoms with E-state index < -0.39 is 12.1 Å². The highest BCUT2D eigenvalue weighted by molar-refractivity contribution is 6.30. The van der Waals surface area contributed by atoms with E-state index in [1.54, 1.807) is 36.4 Å². The van der Waals surface area contributed by atoms with Crippen molar-refractivity contribution in [2.75, 3.05) is 4.90 Å². The van der Waals surface area contributed by atoms with Crippen molar-refractivity contribution in [3.63, 3.8) is 0 Å². The number of esters is 1. The van der Waals surface area contributed by atoms with Gasteiger partial charge in [0.2, 0.25) is 17.6 Å². The van der Waals surface area contributed by atoms with Gasteiger partial charge in [-0.2, -0.15) is 0 Å². The van der Waals surface area contributed by atoms with Gasteiger partial charge in [-0.1, -0.05) is 41.9 Å². The molecule has 1 saturated heterocycles. The van der Waals surface area contributed by atoms with E-state index >= 15 is 0 Å². The van der Waals surface area contributed by atoms with Gasteiger partial charge in [-0.05, 0) is 91.6 Å². The summed E-state index contributed by atoms with van der Waals surface area (Å²) < 4.78 is 5.37. The van der Waals surface area contributed by atoms with Gasteiger partial charge in [-0.15, -0.1) is 0 Å². The molecule has 0 N–H and O–H groups in total. The molecule has 6 atom stereocenters. The Hall–Kier alpha value is -3.77. The van der Waals surface area contributed by atoms with Crippen LogP contribution in [0.15, 0.2) is 78.9 Å². The Balaban J connectivity index is 1.15. The van der Waals surface area contributed by atoms with Crippen LogP contribution >= 0.6 is 11.6 Å². The van der Waals surface area contributed by atoms with Gasteiger partial charge in [0.1, 0.15) is 0 Å². The van der Waals surface area contributed by atoms with Crippen molar-refractivity contribution in [3.8, 4) is 0 Å². The predicted octanol–water partition coefficient (Wildman–Crippen LogP) is 5.70. The first-order valence-corrected chi connectivity index (χ1v) is 13.2. The van der Waals surface area contributed by atoms with Gasteiger partial charge < -0.3 is 4.74 Å². The number of carbonyl (C=O) groups excluding carboxylic acids is 4. The Bertz CT molecular complexity index is 1420. The van der Waals surface area contributed by atoms with Gasteiger partial charge >= 0.3 is 5.97 Å². The molecule has 6 nitrogen and oxygen atoms in total. The quantitative estimate of drug-likeness (QED) is 0.233. The first-order valence-electron chi connectivity index (χ1n) is 12.9. The summed E-state index contributed by atoms with van der Waals surface area (Å²) in [5.74, 6) is -1.17. The molecule has 0 radical (unpaired) electrons. The van der Waals surface area contributed by atoms with E-state index in [0.717, 1.165) is 12.8 Å². The lowest BCUT2D eigenvalue weighted by Crippen LogP contribution is -2.33. The highest BCUT2D eigenvalue weighted by Crippen LogP contribution is 2.61. The zero-order valence-electron chi connectivity index (χ0n) is 20.8. The van der Waals surface area contributed by atoms with Crippen molar-refractivity contribution in [2.24, 2.45) is 23.7 Å². The lowest BCUT2D eigenvalue weighted by molar-refractivity contribution is -0.123. The summed E-state index contributed by atoms with van der Waals surface area (Å²) >= 11 is 5.87. The molecule has 0 unspecified atom stereocenters. The summed E-state index contributed by atoms with van der Waals surface area (Å²) in [6.45, 7) is 1.51. The van der Waals surface area contributed by atoms with Crippen LogP contribution in [0.25, 0.3) is 0 Å². The molecule has 1 aliphatic heterocycles. The number of halogens is 1. The van der Waals surface area contributed by atoms with Gasteiger partial charge in [0, 0.05) is 10.6 Å². The minimum atomic E-state index is -0.988. The predicted molar refractivity (Wildman–Crippen MR) is 142 cm³/mol. The molecule has 3 aliphatic rings. The maximum atomic E-state index is 13.5. The van der Waals surface area contributed by atoms with E-state index in [-0.39, 0.29) is 46.8 Å². The van der Waals surface area contributed by atoms with E-state index in [1.807, 2.05) is 18.2 Å². The molecule has 7 heteroatoms. The van der Waals surface area contributed by atoms with Crippen LogP contribution in [0.2, 0.25) is 5.02 Å². The Morgan fingerprint density at radius 2 is 1.47 bits per heavy atom. The van der Waals surface area contributed by atoms with Crippen LogP contribution in [0.5, 0.6) is 0 Å². The van der Waals surface area contributed by atoms with E-state index in [0.29, 0.717) is 22.2 Å². The summed E-state index contributed by atoms with van der Waals surface area (Å²) in [5, 5.41) is 0.508. The van der Waals surface area contributed by atoms with Crippen molar-refractivity contribution >= 4 is 40.9 Å². The number of imide groups is 1. The standard InChI is InChI=1S/C31H26ClNO5/c1-17(28(34)19-7-11-22(32)12-8-19)38-31(37)20-9-13-23(14-10-20)33-29(35)26-21-15-24(18-5-3-2-4-6-18)25(16-21)27(26)30(33)36/h2-14,17,21,24-27H,15-16H2,1H3/t17-,21+,24+,25+,26+,27-/m0/s1. The third-order valence-corrected chi connectivity index (χ3v) is 8.64. The van der Waals surface area contributed by atoms with E-state index in [4.69, 9.17) is 16.3 Å². The SMILES string of the molecule is C[C@H](OC(=O)c1ccc(N2C(=O)[C@@H]3[C@H]4C[C@@H]([C@@H]3C2=O)[C@@H](c2ccccc2)C4)cc1)C(=O)c1ccc(Cl)cc1. The number of fused-ring (bicyclic) bond motifs is 5. The van der Waals surface area contributed by atoms with E-state index in [2.05, 4.69) is 12.1 Å². The number of ketones is 1. The number of rotatable bonds is 6. The van der Waals surface area contributed by atoms with Crippen LogP contribution in [-0.4, -0.2) is 29.7 Å². The fourth-order valence-corrected chi connectivity index (χ4v) is 6.80. The molecular weight excluding hydrogens is 502 g/mol. The molecule has 1 heterocycles. The molecule has 0 aromatic heterocycles. The summed E-state index contributed by atoms with van der Waals surface area (Å²) in [4.78, 5) is 53.5. The van der Waals surface area contributed by atoms with Crippen LogP contribution in [0.3, 0.4) is 0 Å². The number of amides is 2. The van der Waals surface area contributed by atoms with Crippen molar-refractivity contribution < 1.29 is 23.9 Å². The van der Waals surface area contributed by atoms with Gasteiger partial charge in [-0.3, -0.25) is 19.3 Å². The maximum Gasteiger partial charge on any atom is 0.338 e. The minimum absolute atomic E-state index is 0.142. The molecule has 3 aromatic rings. The second-order valence-electron chi connectivity index (χ2n) is 10.4. The van der Waals surface area contributed by atoms with Crippen LogP contribution in [0.4, 0.5) is 5.69 Å². The first-order chi connectivity index (χ1) is 18.3. The van der Waals surface area contributed by atoms with Gasteiger partial charge in [-0.25, -0.2) is 4.79 Å². The Labute approximate surface area is 225 Å². The second-order valence-corrected chi connectivity index (χ2v) is 10.9. The maximum absolute atomic E-state index is 13.5. The normalized spacial score (nSPS) is 26.4. The summed E-state index contributed by atoms with van der Waals surface area (Å²) in [6, 6.07) is 22.8. The van der Waals surface area contributed by atoms with E-state index in [1.165, 1.54) is 29.5 Å². The van der Waals surface area contributed by atoms with Crippen LogP contribution < -0.4 is 4.90 Å². The zero-order chi connectivity index (χ0) is 26.6. The van der Waals surface area contributed by atoms with Crippen LogP contribution in [0.1, 0.15) is 52.0 Å². The molecule has 3 fully saturated rings. The van der Waals surface area contributed by atoms with Crippen molar-refractivity contribution in [1.82, 2.24) is 0 Å². The molecular formula is C31H26ClNO5. The lowest BCUT2D eigenvalue weighted by atomic mass is 9.73. The van der Waals surface area contributed by atoms with Crippen molar-refractivity contribution in [2.45, 2.75) is 31.8 Å². The average molecular weight is 528 g/mol. The van der Waals surface area contributed by atoms with Gasteiger partial charge in [0.15, 0.2) is 6.10 Å². The lowest BCUT2D eigenvalue weighted by Gasteiger charge is -2.28. The smallest absolute Gasteiger partial charge is 0.338 e. The van der Waals surface area contributed by atoms with E-state index in [9.17, 15) is 19.2 Å². The second kappa shape index (κ2) is 9.52. The molecule has 38 heavy (non-hydrogen) atoms. The number of benzene rings is 3. The number of ether oxygens (including phenoxy) is 1. The number of hydrogen-bond donors (Lipinski definition) is 0. The summed E-state index contributed by atoms with van der Waals surface area (Å²) in [7, 11) is 0. The number of nitrogens with zero attached hydrogens (tertiary/aromatic N) is 1. The molecule has 2 saturated carbocycles. The largest absolute Gasteiger partial charge is 0.451 e. The minimum Gasteiger partial charge on any atom is -0.451 e. The highest BCUT2D eigenvalue weighted by atomic mass is 35.5. The third kappa shape index (κ3) is 4.04. The fourth-order valence-electron chi connectivity index (χ4n) is 6.67. The average Bonchev–Trinajstić information content (AvgIpc) is 3.60. The molecule has 2 bridgehead atoms. The fraction of sp³-hybridized carbons (Fsp3) is 0.290. The topological polar surface area (TPSA) is 80.8 Å². The molecule has 192 valence electrons. The molecule has 2 amide bonds. The third-order valence-electron chi connectivity index (χ3n) is 8.39. The Morgan fingerprint density at radius 3 is 2.16 bits per heavy atom. The first kappa shape index (κ1) is 24.6.